The zero-order valence-electron chi connectivity index (χ0n) is 13.3. The first-order valence-corrected chi connectivity index (χ1v) is 7.49. The number of ether oxygens (including phenoxy) is 1. The van der Waals surface area contributed by atoms with E-state index >= 15 is 0 Å². The van der Waals surface area contributed by atoms with Crippen molar-refractivity contribution in [3.8, 4) is 0 Å². The number of carbonyl (C=O) groups excluding carboxylic acids is 1. The molecule has 114 valence electrons. The van der Waals surface area contributed by atoms with Gasteiger partial charge in [-0.15, -0.1) is 0 Å². The van der Waals surface area contributed by atoms with Crippen molar-refractivity contribution in [2.75, 3.05) is 24.6 Å². The van der Waals surface area contributed by atoms with Crippen molar-refractivity contribution < 1.29 is 9.53 Å². The van der Waals surface area contributed by atoms with Crippen LogP contribution in [0, 0.1) is 5.41 Å². The molecule has 0 amide bonds. The van der Waals surface area contributed by atoms with Gasteiger partial charge in [-0.05, 0) is 30.9 Å². The van der Waals surface area contributed by atoms with Crippen molar-refractivity contribution in [2.45, 2.75) is 34.1 Å². The summed E-state index contributed by atoms with van der Waals surface area (Å²) in [4.78, 5) is 18.2. The number of hydrogen-bond donors (Lipinski definition) is 0. The molecule has 0 fully saturated rings. The standard InChI is InChI=1S/C17H24N2O2/c1-5-21-16(20)13-6-7-15(18-12-13)19-10-8-14(9-11-19)17(2,3)4/h6-8,12H,5,9-11H2,1-4H3. The van der Waals surface area contributed by atoms with E-state index in [4.69, 9.17) is 4.74 Å². The molecule has 0 radical (unpaired) electrons. The van der Waals surface area contributed by atoms with Crippen LogP contribution in [-0.4, -0.2) is 30.6 Å². The first-order chi connectivity index (χ1) is 9.91. The van der Waals surface area contributed by atoms with E-state index in [9.17, 15) is 4.79 Å². The smallest absolute Gasteiger partial charge is 0.339 e. The maximum absolute atomic E-state index is 11.6. The molecule has 0 spiro atoms. The van der Waals surface area contributed by atoms with Gasteiger partial charge in [-0.2, -0.15) is 0 Å². The molecule has 0 aliphatic carbocycles. The van der Waals surface area contributed by atoms with E-state index in [0.29, 0.717) is 12.2 Å². The average molecular weight is 288 g/mol. The van der Waals surface area contributed by atoms with Crippen LogP contribution in [0.3, 0.4) is 0 Å². The highest BCUT2D eigenvalue weighted by atomic mass is 16.5. The van der Waals surface area contributed by atoms with Crippen LogP contribution in [0.15, 0.2) is 30.0 Å². The van der Waals surface area contributed by atoms with Crippen LogP contribution in [0.2, 0.25) is 0 Å². The van der Waals surface area contributed by atoms with E-state index in [0.717, 1.165) is 25.3 Å². The van der Waals surface area contributed by atoms with Crippen molar-refractivity contribution in [3.05, 3.63) is 35.5 Å². The van der Waals surface area contributed by atoms with Gasteiger partial charge < -0.3 is 9.64 Å². The van der Waals surface area contributed by atoms with Crippen molar-refractivity contribution in [1.29, 1.82) is 0 Å². The molecular weight excluding hydrogens is 264 g/mol. The first kappa shape index (κ1) is 15.5. The Bertz CT molecular complexity index is 527. The van der Waals surface area contributed by atoms with Crippen molar-refractivity contribution >= 4 is 11.8 Å². The fourth-order valence-corrected chi connectivity index (χ4v) is 2.47. The number of nitrogens with zero attached hydrogens (tertiary/aromatic N) is 2. The molecule has 1 aliphatic rings. The molecular formula is C17H24N2O2. The molecule has 0 aromatic carbocycles. The molecule has 1 aliphatic heterocycles. The van der Waals surface area contributed by atoms with E-state index in [1.807, 2.05) is 6.07 Å². The van der Waals surface area contributed by atoms with Crippen LogP contribution < -0.4 is 4.90 Å². The van der Waals surface area contributed by atoms with E-state index in [1.165, 1.54) is 5.57 Å². The lowest BCUT2D eigenvalue weighted by Crippen LogP contribution is -2.31. The van der Waals surface area contributed by atoms with Gasteiger partial charge in [-0.3, -0.25) is 0 Å². The van der Waals surface area contributed by atoms with Crippen molar-refractivity contribution in [3.63, 3.8) is 0 Å². The summed E-state index contributed by atoms with van der Waals surface area (Å²) in [7, 11) is 0. The summed E-state index contributed by atoms with van der Waals surface area (Å²) < 4.78 is 4.96. The molecule has 0 bridgehead atoms. The third kappa shape index (κ3) is 3.84. The average Bonchev–Trinajstić information content (AvgIpc) is 2.47. The zero-order valence-corrected chi connectivity index (χ0v) is 13.3. The Kier molecular flexibility index (Phi) is 4.66. The third-order valence-electron chi connectivity index (χ3n) is 3.76. The van der Waals surface area contributed by atoms with E-state index in [-0.39, 0.29) is 11.4 Å². The molecule has 2 heterocycles. The summed E-state index contributed by atoms with van der Waals surface area (Å²) in [6.45, 7) is 10.8. The fourth-order valence-electron chi connectivity index (χ4n) is 2.47. The number of pyridine rings is 1. The fraction of sp³-hybridized carbons (Fsp3) is 0.529. The van der Waals surface area contributed by atoms with Crippen LogP contribution in [-0.2, 0) is 4.74 Å². The SMILES string of the molecule is CCOC(=O)c1ccc(N2CC=C(C(C)(C)C)CC2)nc1. The van der Waals surface area contributed by atoms with Gasteiger partial charge in [-0.1, -0.05) is 32.4 Å². The van der Waals surface area contributed by atoms with Gasteiger partial charge in [-0.25, -0.2) is 9.78 Å². The molecule has 0 unspecified atom stereocenters. The minimum absolute atomic E-state index is 0.243. The number of anilines is 1. The molecule has 1 aromatic heterocycles. The number of rotatable bonds is 3. The van der Waals surface area contributed by atoms with E-state index < -0.39 is 0 Å². The van der Waals surface area contributed by atoms with Gasteiger partial charge in [0.2, 0.25) is 0 Å². The molecule has 4 heteroatoms. The van der Waals surface area contributed by atoms with Gasteiger partial charge in [0.05, 0.1) is 12.2 Å². The maximum atomic E-state index is 11.6. The third-order valence-corrected chi connectivity index (χ3v) is 3.76. The first-order valence-electron chi connectivity index (χ1n) is 7.49. The Morgan fingerprint density at radius 3 is 2.62 bits per heavy atom. The topological polar surface area (TPSA) is 42.4 Å². The second kappa shape index (κ2) is 6.29. The van der Waals surface area contributed by atoms with Crippen LogP contribution >= 0.6 is 0 Å². The quantitative estimate of drug-likeness (QED) is 0.631. The summed E-state index contributed by atoms with van der Waals surface area (Å²) >= 11 is 0. The molecule has 0 atom stereocenters. The summed E-state index contributed by atoms with van der Waals surface area (Å²) in [6.07, 6.45) is 4.95. The largest absolute Gasteiger partial charge is 0.462 e. The number of hydrogen-bond acceptors (Lipinski definition) is 4. The number of carbonyl (C=O) groups is 1. The van der Waals surface area contributed by atoms with Crippen LogP contribution in [0.1, 0.15) is 44.5 Å². The van der Waals surface area contributed by atoms with Crippen LogP contribution in [0.4, 0.5) is 5.82 Å². The Labute approximate surface area is 126 Å². The molecule has 0 saturated heterocycles. The highest BCUT2D eigenvalue weighted by Gasteiger charge is 2.21. The summed E-state index contributed by atoms with van der Waals surface area (Å²) in [5.74, 6) is 0.595. The van der Waals surface area contributed by atoms with E-state index in [2.05, 4.69) is 36.7 Å². The molecule has 2 rings (SSSR count). The Morgan fingerprint density at radius 2 is 2.14 bits per heavy atom. The molecule has 0 saturated carbocycles. The minimum atomic E-state index is -0.315. The Balaban J connectivity index is 2.04. The summed E-state index contributed by atoms with van der Waals surface area (Å²) in [6, 6.07) is 3.67. The van der Waals surface area contributed by atoms with Crippen molar-refractivity contribution in [1.82, 2.24) is 4.98 Å². The highest BCUT2D eigenvalue weighted by molar-refractivity contribution is 5.89. The summed E-state index contributed by atoms with van der Waals surface area (Å²) in [5, 5.41) is 0. The predicted molar refractivity (Wildman–Crippen MR) is 84.6 cm³/mol. The number of esters is 1. The number of aromatic nitrogens is 1. The lowest BCUT2D eigenvalue weighted by Gasteiger charge is -2.32. The van der Waals surface area contributed by atoms with E-state index in [1.54, 1.807) is 19.2 Å². The van der Waals surface area contributed by atoms with Gasteiger partial charge in [0, 0.05) is 19.3 Å². The van der Waals surface area contributed by atoms with Gasteiger partial charge in [0.25, 0.3) is 0 Å². The lowest BCUT2D eigenvalue weighted by atomic mass is 9.83. The highest BCUT2D eigenvalue weighted by Crippen LogP contribution is 2.31. The van der Waals surface area contributed by atoms with Gasteiger partial charge in [0.15, 0.2) is 0 Å². The van der Waals surface area contributed by atoms with Crippen LogP contribution in [0.25, 0.3) is 0 Å². The maximum Gasteiger partial charge on any atom is 0.339 e. The van der Waals surface area contributed by atoms with Crippen molar-refractivity contribution in [2.24, 2.45) is 5.41 Å². The zero-order chi connectivity index (χ0) is 15.5. The molecule has 1 aromatic rings. The second-order valence-electron chi connectivity index (χ2n) is 6.30. The summed E-state index contributed by atoms with van der Waals surface area (Å²) in [5.41, 5.74) is 2.25. The second-order valence-corrected chi connectivity index (χ2v) is 6.30. The van der Waals surface area contributed by atoms with Crippen LogP contribution in [0.5, 0.6) is 0 Å². The molecule has 4 nitrogen and oxygen atoms in total. The Hall–Kier alpha value is -1.84. The monoisotopic (exact) mass is 288 g/mol. The predicted octanol–water partition coefficient (Wildman–Crippen LogP) is 3.44. The molecule has 21 heavy (non-hydrogen) atoms. The minimum Gasteiger partial charge on any atom is -0.462 e. The van der Waals surface area contributed by atoms with Gasteiger partial charge in [0.1, 0.15) is 5.82 Å². The lowest BCUT2D eigenvalue weighted by molar-refractivity contribution is 0.0526. The van der Waals surface area contributed by atoms with Gasteiger partial charge >= 0.3 is 5.97 Å². The normalized spacial score (nSPS) is 15.6. The Morgan fingerprint density at radius 1 is 1.38 bits per heavy atom. The molecule has 0 N–H and O–H groups in total.